The maximum atomic E-state index is 11.9. The zero-order chi connectivity index (χ0) is 16.0. The van der Waals surface area contributed by atoms with Crippen LogP contribution in [0.5, 0.6) is 0 Å². The molecular formula is C14H24ClN3O2S. The topological polar surface area (TPSA) is 52.7 Å². The van der Waals surface area contributed by atoms with Crippen molar-refractivity contribution in [2.45, 2.75) is 19.9 Å². The molecule has 0 aliphatic carbocycles. The molecule has 1 rings (SSSR count). The summed E-state index contributed by atoms with van der Waals surface area (Å²) in [6, 6.07) is 7.51. The van der Waals surface area contributed by atoms with Crippen LogP contribution in [0.4, 0.5) is 0 Å². The molecule has 0 spiro atoms. The minimum Gasteiger partial charge on any atom is -0.296 e. The first-order valence-corrected chi connectivity index (χ1v) is 8.80. The molecule has 0 bridgehead atoms. The Labute approximate surface area is 133 Å². The van der Waals surface area contributed by atoms with Crippen LogP contribution in [0.1, 0.15) is 25.5 Å². The van der Waals surface area contributed by atoms with Crippen molar-refractivity contribution in [1.29, 1.82) is 0 Å². The van der Waals surface area contributed by atoms with Crippen LogP contribution in [0, 0.1) is 0 Å². The van der Waals surface area contributed by atoms with Crippen LogP contribution < -0.4 is 4.72 Å². The fourth-order valence-electron chi connectivity index (χ4n) is 2.12. The lowest BCUT2D eigenvalue weighted by Crippen LogP contribution is -2.42. The first kappa shape index (κ1) is 18.4. The van der Waals surface area contributed by atoms with Gasteiger partial charge in [-0.2, -0.15) is 12.7 Å². The van der Waals surface area contributed by atoms with Crippen LogP contribution in [0.3, 0.4) is 0 Å². The van der Waals surface area contributed by atoms with Crippen molar-refractivity contribution >= 4 is 21.8 Å². The maximum Gasteiger partial charge on any atom is 0.278 e. The average molecular weight is 334 g/mol. The van der Waals surface area contributed by atoms with Gasteiger partial charge in [-0.25, -0.2) is 4.72 Å². The van der Waals surface area contributed by atoms with Gasteiger partial charge in [0.2, 0.25) is 0 Å². The van der Waals surface area contributed by atoms with Crippen molar-refractivity contribution < 1.29 is 8.42 Å². The number of hydrogen-bond donors (Lipinski definition) is 1. The first-order valence-electron chi connectivity index (χ1n) is 6.98. The van der Waals surface area contributed by atoms with Crippen molar-refractivity contribution in [1.82, 2.24) is 13.9 Å². The van der Waals surface area contributed by atoms with Crippen molar-refractivity contribution in [3.63, 3.8) is 0 Å². The predicted molar refractivity (Wildman–Crippen MR) is 87.7 cm³/mol. The van der Waals surface area contributed by atoms with Gasteiger partial charge in [-0.3, -0.25) is 4.90 Å². The van der Waals surface area contributed by atoms with Crippen LogP contribution in [-0.4, -0.2) is 51.4 Å². The summed E-state index contributed by atoms with van der Waals surface area (Å²) in [6.07, 6.45) is 0. The number of benzene rings is 1. The molecule has 1 atom stereocenters. The maximum absolute atomic E-state index is 11.9. The van der Waals surface area contributed by atoms with Gasteiger partial charge < -0.3 is 0 Å². The molecule has 1 aromatic carbocycles. The Morgan fingerprint density at radius 3 is 2.10 bits per heavy atom. The number of halogens is 1. The average Bonchev–Trinajstić information content (AvgIpc) is 2.44. The van der Waals surface area contributed by atoms with Gasteiger partial charge in [-0.1, -0.05) is 37.6 Å². The molecule has 1 unspecified atom stereocenters. The van der Waals surface area contributed by atoms with Crippen molar-refractivity contribution in [2.75, 3.05) is 33.7 Å². The second-order valence-corrected chi connectivity index (χ2v) is 7.33. The molecule has 0 saturated heterocycles. The number of rotatable bonds is 8. The van der Waals surface area contributed by atoms with E-state index in [1.165, 1.54) is 18.4 Å². The van der Waals surface area contributed by atoms with E-state index < -0.39 is 10.2 Å². The van der Waals surface area contributed by atoms with E-state index in [2.05, 4.69) is 23.5 Å². The molecule has 0 saturated carbocycles. The second-order valence-electron chi connectivity index (χ2n) is 4.92. The molecule has 0 aromatic heterocycles. The second kappa shape index (κ2) is 8.10. The van der Waals surface area contributed by atoms with Gasteiger partial charge in [0.25, 0.3) is 10.2 Å². The van der Waals surface area contributed by atoms with Crippen LogP contribution in [0.2, 0.25) is 5.02 Å². The Kier molecular flexibility index (Phi) is 7.09. The number of nitrogens with one attached hydrogen (secondary N) is 1. The highest BCUT2D eigenvalue weighted by molar-refractivity contribution is 7.87. The summed E-state index contributed by atoms with van der Waals surface area (Å²) in [7, 11) is -0.407. The van der Waals surface area contributed by atoms with Gasteiger partial charge in [0.05, 0.1) is 0 Å². The summed E-state index contributed by atoms with van der Waals surface area (Å²) in [6.45, 7) is 6.13. The molecule has 7 heteroatoms. The third-order valence-electron chi connectivity index (χ3n) is 3.45. The Balaban J connectivity index is 2.96. The van der Waals surface area contributed by atoms with Gasteiger partial charge in [0, 0.05) is 31.7 Å². The largest absolute Gasteiger partial charge is 0.296 e. The van der Waals surface area contributed by atoms with Gasteiger partial charge in [0.1, 0.15) is 0 Å². The summed E-state index contributed by atoms with van der Waals surface area (Å²) in [5.41, 5.74) is 1.05. The molecule has 1 aromatic rings. The van der Waals surface area contributed by atoms with Crippen molar-refractivity contribution in [3.05, 3.63) is 34.9 Å². The lowest BCUT2D eigenvalue weighted by molar-refractivity contribution is 0.219. The Morgan fingerprint density at radius 2 is 1.67 bits per heavy atom. The molecule has 1 N–H and O–H groups in total. The molecule has 0 fully saturated rings. The fraction of sp³-hybridized carbons (Fsp3) is 0.571. The Bertz CT molecular complexity index is 528. The minimum absolute atomic E-state index is 0.0213. The molecule has 21 heavy (non-hydrogen) atoms. The lowest BCUT2D eigenvalue weighted by Gasteiger charge is -2.30. The molecule has 5 nitrogen and oxygen atoms in total. The summed E-state index contributed by atoms with van der Waals surface area (Å²) in [5.74, 6) is 0. The lowest BCUT2D eigenvalue weighted by atomic mass is 10.1. The van der Waals surface area contributed by atoms with Crippen molar-refractivity contribution in [3.8, 4) is 0 Å². The van der Waals surface area contributed by atoms with E-state index in [9.17, 15) is 8.42 Å². The van der Waals surface area contributed by atoms with Crippen LogP contribution in [-0.2, 0) is 10.2 Å². The molecule has 0 heterocycles. The molecule has 0 aliphatic heterocycles. The quantitative estimate of drug-likeness (QED) is 0.792. The minimum atomic E-state index is -3.43. The summed E-state index contributed by atoms with van der Waals surface area (Å²) in [4.78, 5) is 2.21. The molecule has 0 aliphatic rings. The smallest absolute Gasteiger partial charge is 0.278 e. The highest BCUT2D eigenvalue weighted by Gasteiger charge is 2.21. The van der Waals surface area contributed by atoms with Gasteiger partial charge in [-0.15, -0.1) is 0 Å². The highest BCUT2D eigenvalue weighted by atomic mass is 35.5. The van der Waals surface area contributed by atoms with E-state index in [-0.39, 0.29) is 6.04 Å². The van der Waals surface area contributed by atoms with E-state index >= 15 is 0 Å². The SMILES string of the molecule is CCN(CC)C(CNS(=O)(=O)N(C)C)c1ccc(Cl)cc1. The van der Waals surface area contributed by atoms with Gasteiger partial charge >= 0.3 is 0 Å². The zero-order valence-corrected chi connectivity index (χ0v) is 14.6. The van der Waals surface area contributed by atoms with E-state index in [0.717, 1.165) is 18.7 Å². The Morgan fingerprint density at radius 1 is 1.14 bits per heavy atom. The number of likely N-dealkylation sites (N-methyl/N-ethyl adjacent to an activating group) is 1. The molecule has 0 radical (unpaired) electrons. The van der Waals surface area contributed by atoms with Crippen LogP contribution >= 0.6 is 11.6 Å². The van der Waals surface area contributed by atoms with E-state index in [1.54, 1.807) is 0 Å². The van der Waals surface area contributed by atoms with Crippen LogP contribution in [0.15, 0.2) is 24.3 Å². The third kappa shape index (κ3) is 5.23. The summed E-state index contributed by atoms with van der Waals surface area (Å²) < 4.78 is 27.6. The van der Waals surface area contributed by atoms with Gasteiger partial charge in [0.15, 0.2) is 0 Å². The fourth-order valence-corrected chi connectivity index (χ4v) is 2.87. The first-order chi connectivity index (χ1) is 9.81. The third-order valence-corrected chi connectivity index (χ3v) is 5.19. The molecule has 120 valence electrons. The van der Waals surface area contributed by atoms with E-state index in [0.29, 0.717) is 11.6 Å². The van der Waals surface area contributed by atoms with E-state index in [1.807, 2.05) is 24.3 Å². The number of nitrogens with zero attached hydrogens (tertiary/aromatic N) is 2. The summed E-state index contributed by atoms with van der Waals surface area (Å²) >= 11 is 5.92. The van der Waals surface area contributed by atoms with Crippen molar-refractivity contribution in [2.24, 2.45) is 0 Å². The Hall–Kier alpha value is -0.660. The highest BCUT2D eigenvalue weighted by Crippen LogP contribution is 2.22. The predicted octanol–water partition coefficient (Wildman–Crippen LogP) is 2.12. The molecule has 0 amide bonds. The standard InChI is InChI=1S/C14H24ClN3O2S/c1-5-18(6-2)14(11-16-21(19,20)17(3)4)12-7-9-13(15)10-8-12/h7-10,14,16H,5-6,11H2,1-4H3. The normalized spacial score (nSPS) is 13.9. The molecular weight excluding hydrogens is 310 g/mol. The monoisotopic (exact) mass is 333 g/mol. The van der Waals surface area contributed by atoms with Crippen LogP contribution in [0.25, 0.3) is 0 Å². The summed E-state index contributed by atoms with van der Waals surface area (Å²) in [5, 5.41) is 0.672. The number of hydrogen-bond acceptors (Lipinski definition) is 3. The zero-order valence-electron chi connectivity index (χ0n) is 13.0. The van der Waals surface area contributed by atoms with E-state index in [4.69, 9.17) is 11.6 Å². The van der Waals surface area contributed by atoms with Gasteiger partial charge in [-0.05, 0) is 30.8 Å².